The van der Waals surface area contributed by atoms with Gasteiger partial charge in [0, 0.05) is 24.7 Å². The number of nitrogens with one attached hydrogen (secondary N) is 2. The predicted octanol–water partition coefficient (Wildman–Crippen LogP) is 3.92. The van der Waals surface area contributed by atoms with Crippen LogP contribution in [0.25, 0.3) is 0 Å². The second kappa shape index (κ2) is 7.85. The van der Waals surface area contributed by atoms with Crippen LogP contribution in [0, 0.1) is 10.1 Å². The van der Waals surface area contributed by atoms with Crippen molar-refractivity contribution < 1.29 is 9.72 Å². The fourth-order valence-electron chi connectivity index (χ4n) is 1.97. The zero-order valence-electron chi connectivity index (χ0n) is 12.4. The van der Waals surface area contributed by atoms with Gasteiger partial charge in [-0.3, -0.25) is 14.9 Å². The maximum atomic E-state index is 11.9. The van der Waals surface area contributed by atoms with Crippen LogP contribution in [0.5, 0.6) is 0 Å². The fourth-order valence-corrected chi connectivity index (χ4v) is 2.46. The molecule has 4 N–H and O–H groups in total. The van der Waals surface area contributed by atoms with Crippen molar-refractivity contribution in [3.05, 3.63) is 56.6 Å². The molecule has 0 aliphatic carbocycles. The zero-order valence-corrected chi connectivity index (χ0v) is 13.9. The van der Waals surface area contributed by atoms with Crippen molar-refractivity contribution in [3.8, 4) is 0 Å². The Morgan fingerprint density at radius 1 is 1.21 bits per heavy atom. The normalized spacial score (nSPS) is 10.2. The minimum absolute atomic E-state index is 0.0463. The highest BCUT2D eigenvalue weighted by Gasteiger charge is 2.12. The van der Waals surface area contributed by atoms with Gasteiger partial charge in [0.05, 0.1) is 20.7 Å². The van der Waals surface area contributed by atoms with Gasteiger partial charge in [-0.1, -0.05) is 35.3 Å². The maximum Gasteiger partial charge on any atom is 0.292 e. The summed E-state index contributed by atoms with van der Waals surface area (Å²) < 4.78 is 0. The monoisotopic (exact) mass is 368 g/mol. The highest BCUT2D eigenvalue weighted by atomic mass is 35.5. The van der Waals surface area contributed by atoms with E-state index in [1.807, 2.05) is 0 Å². The molecule has 0 bridgehead atoms. The number of benzene rings is 2. The number of hydrogen-bond acceptors (Lipinski definition) is 5. The van der Waals surface area contributed by atoms with Crippen LogP contribution in [0.1, 0.15) is 6.42 Å². The smallest absolute Gasteiger partial charge is 0.292 e. The Balaban J connectivity index is 1.92. The molecule has 0 atom stereocenters. The van der Waals surface area contributed by atoms with Crippen LogP contribution < -0.4 is 16.4 Å². The molecule has 0 saturated carbocycles. The van der Waals surface area contributed by atoms with Crippen molar-refractivity contribution >= 4 is 51.9 Å². The molecule has 24 heavy (non-hydrogen) atoms. The molecule has 7 nitrogen and oxygen atoms in total. The second-order valence-corrected chi connectivity index (χ2v) is 5.67. The third-order valence-corrected chi connectivity index (χ3v) is 3.76. The van der Waals surface area contributed by atoms with E-state index in [-0.39, 0.29) is 40.3 Å². The number of rotatable bonds is 6. The van der Waals surface area contributed by atoms with E-state index in [0.29, 0.717) is 11.4 Å². The Morgan fingerprint density at radius 3 is 2.46 bits per heavy atom. The molecule has 1 amide bonds. The second-order valence-electron chi connectivity index (χ2n) is 4.85. The third-order valence-electron chi connectivity index (χ3n) is 3.13. The first kappa shape index (κ1) is 17.8. The van der Waals surface area contributed by atoms with Gasteiger partial charge in [-0.25, -0.2) is 0 Å². The zero-order chi connectivity index (χ0) is 17.7. The lowest BCUT2D eigenvalue weighted by Gasteiger charge is -2.09. The molecule has 0 aliphatic rings. The topological polar surface area (TPSA) is 110 Å². The van der Waals surface area contributed by atoms with Crippen molar-refractivity contribution in [1.82, 2.24) is 0 Å². The van der Waals surface area contributed by atoms with E-state index in [9.17, 15) is 14.9 Å². The van der Waals surface area contributed by atoms with Gasteiger partial charge in [-0.15, -0.1) is 0 Å². The molecular weight excluding hydrogens is 355 g/mol. The number of amides is 1. The standard InChI is InChI=1S/C15H14Cl2N4O3/c16-10-7-9(8-11(17)15(10)18)20-14(22)5-6-19-12-3-1-2-4-13(12)21(23)24/h1-4,7-8,19H,5-6,18H2,(H,20,22). The van der Waals surface area contributed by atoms with Crippen molar-refractivity contribution in [3.63, 3.8) is 0 Å². The molecule has 0 fully saturated rings. The first-order valence-corrected chi connectivity index (χ1v) is 7.65. The summed E-state index contributed by atoms with van der Waals surface area (Å²) in [7, 11) is 0. The van der Waals surface area contributed by atoms with Crippen LogP contribution in [0.4, 0.5) is 22.7 Å². The number of nitrogens with two attached hydrogens (primary N) is 1. The van der Waals surface area contributed by atoms with Gasteiger partial charge in [0.2, 0.25) is 5.91 Å². The summed E-state index contributed by atoms with van der Waals surface area (Å²) >= 11 is 11.8. The molecule has 9 heteroatoms. The van der Waals surface area contributed by atoms with E-state index >= 15 is 0 Å². The predicted molar refractivity (Wildman–Crippen MR) is 95.7 cm³/mol. The Hall–Kier alpha value is -2.51. The van der Waals surface area contributed by atoms with Crippen LogP contribution in [0.15, 0.2) is 36.4 Å². The number of nitrogens with zero attached hydrogens (tertiary/aromatic N) is 1. The lowest BCUT2D eigenvalue weighted by molar-refractivity contribution is -0.384. The van der Waals surface area contributed by atoms with Crippen LogP contribution in [-0.4, -0.2) is 17.4 Å². The minimum Gasteiger partial charge on any atom is -0.396 e. The number of nitro groups is 1. The largest absolute Gasteiger partial charge is 0.396 e. The Labute approximate surface area is 147 Å². The lowest BCUT2D eigenvalue weighted by Crippen LogP contribution is -2.16. The van der Waals surface area contributed by atoms with Gasteiger partial charge in [0.1, 0.15) is 5.69 Å². The molecule has 0 heterocycles. The van der Waals surface area contributed by atoms with E-state index in [1.54, 1.807) is 18.2 Å². The summed E-state index contributed by atoms with van der Waals surface area (Å²) in [4.78, 5) is 22.3. The van der Waals surface area contributed by atoms with Crippen LogP contribution >= 0.6 is 23.2 Å². The highest BCUT2D eigenvalue weighted by Crippen LogP contribution is 2.31. The van der Waals surface area contributed by atoms with E-state index in [4.69, 9.17) is 28.9 Å². The van der Waals surface area contributed by atoms with Crippen LogP contribution in [0.3, 0.4) is 0 Å². The van der Waals surface area contributed by atoms with Crippen molar-refractivity contribution in [1.29, 1.82) is 0 Å². The number of carbonyl (C=O) groups is 1. The number of hydrogen-bond donors (Lipinski definition) is 3. The number of nitro benzene ring substituents is 1. The molecule has 2 aromatic carbocycles. The molecule has 126 valence electrons. The molecule has 0 aromatic heterocycles. The summed E-state index contributed by atoms with van der Waals surface area (Å²) in [5.74, 6) is -0.294. The fraction of sp³-hybridized carbons (Fsp3) is 0.133. The summed E-state index contributed by atoms with van der Waals surface area (Å²) in [5, 5.41) is 16.9. The molecule has 0 unspecified atom stereocenters. The van der Waals surface area contributed by atoms with Gasteiger partial charge in [-0.2, -0.15) is 0 Å². The first-order valence-electron chi connectivity index (χ1n) is 6.90. The molecule has 2 aromatic rings. The van der Waals surface area contributed by atoms with Gasteiger partial charge < -0.3 is 16.4 Å². The molecular formula is C15H14Cl2N4O3. The number of nitrogen functional groups attached to an aromatic ring is 1. The molecule has 0 spiro atoms. The summed E-state index contributed by atoms with van der Waals surface area (Å²) in [5.41, 5.74) is 6.60. The minimum atomic E-state index is -0.485. The number of para-hydroxylation sites is 2. The van der Waals surface area contributed by atoms with Gasteiger partial charge in [0.25, 0.3) is 5.69 Å². The van der Waals surface area contributed by atoms with Crippen molar-refractivity contribution in [2.24, 2.45) is 0 Å². The average Bonchev–Trinajstić information content (AvgIpc) is 2.52. The van der Waals surface area contributed by atoms with Gasteiger partial charge >= 0.3 is 0 Å². The SMILES string of the molecule is Nc1c(Cl)cc(NC(=O)CCNc2ccccc2[N+](=O)[O-])cc1Cl. The van der Waals surface area contributed by atoms with Gasteiger partial charge in [0.15, 0.2) is 0 Å². The van der Waals surface area contributed by atoms with E-state index in [2.05, 4.69) is 10.6 Å². The summed E-state index contributed by atoms with van der Waals surface area (Å²) in [6.45, 7) is 0.229. The highest BCUT2D eigenvalue weighted by molar-refractivity contribution is 6.39. The van der Waals surface area contributed by atoms with E-state index < -0.39 is 4.92 Å². The van der Waals surface area contributed by atoms with Gasteiger partial charge in [-0.05, 0) is 18.2 Å². The van der Waals surface area contributed by atoms with Crippen LogP contribution in [0.2, 0.25) is 10.0 Å². The Bertz CT molecular complexity index is 760. The van der Waals surface area contributed by atoms with E-state index in [1.165, 1.54) is 18.2 Å². The number of carbonyl (C=O) groups excluding carboxylic acids is 1. The average molecular weight is 369 g/mol. The quantitative estimate of drug-likeness (QED) is 0.406. The third kappa shape index (κ3) is 4.50. The first-order chi connectivity index (χ1) is 11.4. The van der Waals surface area contributed by atoms with Crippen molar-refractivity contribution in [2.45, 2.75) is 6.42 Å². The number of anilines is 3. The molecule has 0 aliphatic heterocycles. The molecule has 2 rings (SSSR count). The molecule has 0 radical (unpaired) electrons. The maximum absolute atomic E-state index is 11.9. The van der Waals surface area contributed by atoms with E-state index in [0.717, 1.165) is 0 Å². The van der Waals surface area contributed by atoms with Crippen LogP contribution in [-0.2, 0) is 4.79 Å². The van der Waals surface area contributed by atoms with Crippen molar-refractivity contribution in [2.75, 3.05) is 22.9 Å². The lowest BCUT2D eigenvalue weighted by atomic mass is 10.2. The Kier molecular flexibility index (Phi) is 5.83. The summed E-state index contributed by atoms with van der Waals surface area (Å²) in [6.07, 6.45) is 0.103. The summed E-state index contributed by atoms with van der Waals surface area (Å²) in [6, 6.07) is 9.21. The number of halogens is 2. The molecule has 0 saturated heterocycles. The Morgan fingerprint density at radius 2 is 1.83 bits per heavy atom.